The molecule has 0 aliphatic heterocycles. The van der Waals surface area contributed by atoms with Crippen LogP contribution in [0, 0.1) is 0 Å². The Balaban J connectivity index is 4.81. The minimum absolute atomic E-state index is 0.453. The summed E-state index contributed by atoms with van der Waals surface area (Å²) in [6.07, 6.45) is 0.650. The molecule has 0 saturated heterocycles. The first kappa shape index (κ1) is 15.3. The van der Waals surface area contributed by atoms with Crippen molar-refractivity contribution in [2.45, 2.75) is 18.8 Å². The van der Waals surface area contributed by atoms with E-state index < -0.39 is 30.4 Å². The second kappa shape index (κ2) is 6.82. The molecule has 17 heavy (non-hydrogen) atoms. The maximum Gasteiger partial charge on any atom is 0.332 e. The molecule has 0 saturated carbocycles. The van der Waals surface area contributed by atoms with Gasteiger partial charge in [-0.05, 0) is 6.92 Å². The Morgan fingerprint density at radius 1 is 1.35 bits per heavy atom. The van der Waals surface area contributed by atoms with Gasteiger partial charge in [-0.2, -0.15) is 0 Å². The van der Waals surface area contributed by atoms with Gasteiger partial charge in [0.05, 0.1) is 0 Å². The summed E-state index contributed by atoms with van der Waals surface area (Å²) in [6.45, 7) is 7.30. The van der Waals surface area contributed by atoms with Gasteiger partial charge in [-0.25, -0.2) is 9.59 Å². The van der Waals surface area contributed by atoms with E-state index in [9.17, 15) is 14.7 Å². The highest BCUT2D eigenvalue weighted by Gasteiger charge is 2.41. The van der Waals surface area contributed by atoms with Crippen molar-refractivity contribution >= 4 is 11.9 Å². The van der Waals surface area contributed by atoms with E-state index in [4.69, 9.17) is 14.2 Å². The number of hydrogen-bond acceptors (Lipinski definition) is 6. The van der Waals surface area contributed by atoms with E-state index in [2.05, 4.69) is 13.2 Å². The Morgan fingerprint density at radius 3 is 2.24 bits per heavy atom. The normalized spacial score (nSPS) is 15.2. The van der Waals surface area contributed by atoms with Gasteiger partial charge in [0.15, 0.2) is 6.61 Å². The lowest BCUT2D eigenvalue weighted by atomic mass is 10.2. The molecule has 0 amide bonds. The summed E-state index contributed by atoms with van der Waals surface area (Å²) in [4.78, 5) is 22.0. The van der Waals surface area contributed by atoms with E-state index in [-0.39, 0.29) is 0 Å². The van der Waals surface area contributed by atoms with Crippen molar-refractivity contribution in [1.29, 1.82) is 0 Å². The summed E-state index contributed by atoms with van der Waals surface area (Å²) in [5.41, 5.74) is 0. The van der Waals surface area contributed by atoms with Crippen LogP contribution in [0.2, 0.25) is 0 Å². The highest BCUT2D eigenvalue weighted by Crippen LogP contribution is 2.19. The monoisotopic (exact) mass is 244 g/mol. The van der Waals surface area contributed by atoms with Crippen LogP contribution in [-0.4, -0.2) is 42.7 Å². The van der Waals surface area contributed by atoms with Crippen LogP contribution in [0.3, 0.4) is 0 Å². The quantitative estimate of drug-likeness (QED) is 0.390. The molecule has 0 spiro atoms. The van der Waals surface area contributed by atoms with E-state index in [1.165, 1.54) is 14.0 Å². The van der Waals surface area contributed by atoms with E-state index in [1.54, 1.807) is 0 Å². The van der Waals surface area contributed by atoms with Crippen molar-refractivity contribution in [3.63, 3.8) is 0 Å². The summed E-state index contributed by atoms with van der Waals surface area (Å²) in [5, 5.41) is 9.54. The first-order valence-corrected chi connectivity index (χ1v) is 4.79. The summed E-state index contributed by atoms with van der Waals surface area (Å²) in [7, 11) is 1.21. The molecule has 0 rings (SSSR count). The predicted molar refractivity (Wildman–Crippen MR) is 58.9 cm³/mol. The van der Waals surface area contributed by atoms with Gasteiger partial charge >= 0.3 is 11.9 Å². The molecular formula is C11H16O6. The zero-order valence-electron chi connectivity index (χ0n) is 9.84. The highest BCUT2D eigenvalue weighted by atomic mass is 16.7. The maximum absolute atomic E-state index is 11.1. The number of carbonyl (C=O) groups is 2. The average Bonchev–Trinajstić information content (AvgIpc) is 2.33. The van der Waals surface area contributed by atoms with Crippen molar-refractivity contribution in [3.8, 4) is 0 Å². The van der Waals surface area contributed by atoms with Crippen LogP contribution in [0.1, 0.15) is 6.92 Å². The third kappa shape index (κ3) is 4.38. The Labute approximate surface area is 99.5 Å². The molecule has 2 atom stereocenters. The number of hydrogen-bond donors (Lipinski definition) is 1. The molecule has 96 valence electrons. The fourth-order valence-corrected chi connectivity index (χ4v) is 0.949. The van der Waals surface area contributed by atoms with Gasteiger partial charge in [-0.1, -0.05) is 13.2 Å². The maximum atomic E-state index is 11.1. The first-order chi connectivity index (χ1) is 7.91. The van der Waals surface area contributed by atoms with E-state index in [0.29, 0.717) is 0 Å². The number of methoxy groups -OCH3 is 1. The smallest absolute Gasteiger partial charge is 0.332 e. The Hall–Kier alpha value is -1.66. The largest absolute Gasteiger partial charge is 0.455 e. The van der Waals surface area contributed by atoms with Crippen LogP contribution in [0.4, 0.5) is 0 Å². The van der Waals surface area contributed by atoms with Gasteiger partial charge in [-0.15, -0.1) is 0 Å². The molecule has 0 bridgehead atoms. The molecule has 1 N–H and O–H groups in total. The van der Waals surface area contributed by atoms with Crippen molar-refractivity contribution in [2.24, 2.45) is 0 Å². The SMILES string of the molecule is C=CC(=O)OCC(OC)(OC(=O)C=C)C(C)O. The van der Waals surface area contributed by atoms with E-state index in [0.717, 1.165) is 12.2 Å². The minimum atomic E-state index is -1.76. The summed E-state index contributed by atoms with van der Waals surface area (Å²) >= 11 is 0. The fourth-order valence-electron chi connectivity index (χ4n) is 0.949. The second-order valence-corrected chi connectivity index (χ2v) is 3.13. The lowest BCUT2D eigenvalue weighted by Crippen LogP contribution is -2.50. The van der Waals surface area contributed by atoms with E-state index >= 15 is 0 Å². The lowest BCUT2D eigenvalue weighted by molar-refractivity contribution is -0.270. The summed E-state index contributed by atoms with van der Waals surface area (Å²) in [6, 6.07) is 0. The molecule has 0 aromatic carbocycles. The van der Waals surface area contributed by atoms with E-state index in [1.807, 2.05) is 0 Å². The molecule has 0 fully saturated rings. The number of carbonyl (C=O) groups excluding carboxylic acids is 2. The minimum Gasteiger partial charge on any atom is -0.455 e. The summed E-state index contributed by atoms with van der Waals surface area (Å²) in [5.74, 6) is -3.28. The molecule has 0 aromatic rings. The van der Waals surface area contributed by atoms with Crippen LogP contribution >= 0.6 is 0 Å². The van der Waals surface area contributed by atoms with Crippen molar-refractivity contribution in [2.75, 3.05) is 13.7 Å². The third-order valence-corrected chi connectivity index (χ3v) is 2.00. The van der Waals surface area contributed by atoms with Gasteiger partial charge in [0.2, 0.25) is 0 Å². The average molecular weight is 244 g/mol. The lowest BCUT2D eigenvalue weighted by Gasteiger charge is -2.32. The Morgan fingerprint density at radius 2 is 1.88 bits per heavy atom. The number of esters is 2. The second-order valence-electron chi connectivity index (χ2n) is 3.13. The molecule has 6 nitrogen and oxygen atoms in total. The highest BCUT2D eigenvalue weighted by molar-refractivity contribution is 5.82. The summed E-state index contributed by atoms with van der Waals surface area (Å²) < 4.78 is 14.5. The Kier molecular flexibility index (Phi) is 6.16. The van der Waals surface area contributed by atoms with Crippen LogP contribution < -0.4 is 0 Å². The number of rotatable bonds is 7. The van der Waals surface area contributed by atoms with Crippen molar-refractivity contribution in [3.05, 3.63) is 25.3 Å². The predicted octanol–water partition coefficient (Wildman–Crippen LogP) is 0.168. The molecule has 0 aliphatic carbocycles. The van der Waals surface area contributed by atoms with Gasteiger partial charge in [-0.3, -0.25) is 0 Å². The third-order valence-electron chi connectivity index (χ3n) is 2.00. The number of aliphatic hydroxyl groups is 1. The molecule has 6 heteroatoms. The Bertz CT molecular complexity index is 309. The van der Waals surface area contributed by atoms with Crippen LogP contribution in [0.5, 0.6) is 0 Å². The standard InChI is InChI=1S/C11H16O6/c1-5-9(13)16-7-11(15-4,8(3)12)17-10(14)6-2/h5-6,8,12H,1-2,7H2,3-4H3. The van der Waals surface area contributed by atoms with Crippen LogP contribution in [0.15, 0.2) is 25.3 Å². The van der Waals surface area contributed by atoms with Crippen LogP contribution in [0.25, 0.3) is 0 Å². The zero-order valence-corrected chi connectivity index (χ0v) is 9.84. The molecule has 0 radical (unpaired) electrons. The van der Waals surface area contributed by atoms with Crippen molar-refractivity contribution < 1.29 is 28.9 Å². The molecular weight excluding hydrogens is 228 g/mol. The molecule has 0 aliphatic rings. The fraction of sp³-hybridized carbons (Fsp3) is 0.455. The van der Waals surface area contributed by atoms with Crippen molar-refractivity contribution in [1.82, 2.24) is 0 Å². The van der Waals surface area contributed by atoms with Gasteiger partial charge in [0.1, 0.15) is 6.10 Å². The molecule has 2 unspecified atom stereocenters. The molecule has 0 aromatic heterocycles. The first-order valence-electron chi connectivity index (χ1n) is 4.79. The zero-order chi connectivity index (χ0) is 13.5. The number of aliphatic hydroxyl groups excluding tert-OH is 1. The topological polar surface area (TPSA) is 82.1 Å². The van der Waals surface area contributed by atoms with Gasteiger partial charge in [0.25, 0.3) is 5.79 Å². The van der Waals surface area contributed by atoms with Crippen LogP contribution in [-0.2, 0) is 23.8 Å². The van der Waals surface area contributed by atoms with Gasteiger partial charge in [0, 0.05) is 19.3 Å². The van der Waals surface area contributed by atoms with Gasteiger partial charge < -0.3 is 19.3 Å². The molecule has 0 heterocycles. The number of ether oxygens (including phenoxy) is 3.